The Balaban J connectivity index is 2.92. The molecule has 1 rings (SSSR count). The van der Waals surface area contributed by atoms with Gasteiger partial charge in [0.25, 0.3) is 0 Å². The Kier molecular flexibility index (Phi) is 5.25. The SMILES string of the molecule is CCCOc1nc(NN)nc(N(C)CC(C)(C)O)n1. The standard InChI is InChI=1S/C11H22N6O2/c1-5-6-19-10-14-8(16-12)13-9(15-10)17(4)7-11(2,3)18/h18H,5-7,12H2,1-4H3,(H,13,14,15,16). The van der Waals surface area contributed by atoms with Crippen LogP contribution in [0.15, 0.2) is 0 Å². The summed E-state index contributed by atoms with van der Waals surface area (Å²) in [5.74, 6) is 5.92. The minimum atomic E-state index is -0.859. The fourth-order valence-corrected chi connectivity index (χ4v) is 1.49. The Morgan fingerprint density at radius 3 is 2.58 bits per heavy atom. The molecule has 0 aliphatic carbocycles. The second-order valence-corrected chi connectivity index (χ2v) is 4.90. The normalized spacial score (nSPS) is 11.3. The molecule has 0 atom stereocenters. The van der Waals surface area contributed by atoms with Crippen molar-refractivity contribution in [2.24, 2.45) is 5.84 Å². The summed E-state index contributed by atoms with van der Waals surface area (Å²) in [7, 11) is 1.78. The number of nitrogen functional groups attached to an aromatic ring is 1. The fourth-order valence-electron chi connectivity index (χ4n) is 1.49. The number of aromatic nitrogens is 3. The number of hydrogen-bond donors (Lipinski definition) is 3. The molecule has 0 aliphatic heterocycles. The van der Waals surface area contributed by atoms with Crippen molar-refractivity contribution in [3.05, 3.63) is 0 Å². The van der Waals surface area contributed by atoms with Gasteiger partial charge in [-0.1, -0.05) is 6.92 Å². The van der Waals surface area contributed by atoms with Crippen LogP contribution >= 0.6 is 0 Å². The van der Waals surface area contributed by atoms with E-state index in [0.717, 1.165) is 6.42 Å². The van der Waals surface area contributed by atoms with Crippen molar-refractivity contribution in [2.75, 3.05) is 30.5 Å². The van der Waals surface area contributed by atoms with Gasteiger partial charge in [-0.3, -0.25) is 5.43 Å². The maximum atomic E-state index is 9.80. The first-order valence-corrected chi connectivity index (χ1v) is 6.14. The summed E-state index contributed by atoms with van der Waals surface area (Å²) in [5, 5.41) is 9.80. The molecule has 0 spiro atoms. The highest BCUT2D eigenvalue weighted by Gasteiger charge is 2.19. The third kappa shape index (κ3) is 5.23. The molecule has 0 radical (unpaired) electrons. The number of hydrogen-bond acceptors (Lipinski definition) is 8. The zero-order valence-electron chi connectivity index (χ0n) is 11.8. The van der Waals surface area contributed by atoms with E-state index in [-0.39, 0.29) is 12.0 Å². The maximum absolute atomic E-state index is 9.80. The third-order valence-corrected chi connectivity index (χ3v) is 2.13. The van der Waals surface area contributed by atoms with Crippen LogP contribution in [-0.4, -0.2) is 45.9 Å². The van der Waals surface area contributed by atoms with Crippen LogP contribution in [0, 0.1) is 0 Å². The molecule has 1 heterocycles. The number of ether oxygens (including phenoxy) is 1. The molecular weight excluding hydrogens is 248 g/mol. The number of likely N-dealkylation sites (N-methyl/N-ethyl adjacent to an activating group) is 1. The van der Waals surface area contributed by atoms with Gasteiger partial charge >= 0.3 is 6.01 Å². The second kappa shape index (κ2) is 6.48. The Morgan fingerprint density at radius 1 is 1.37 bits per heavy atom. The van der Waals surface area contributed by atoms with Gasteiger partial charge in [0.15, 0.2) is 0 Å². The van der Waals surface area contributed by atoms with Crippen molar-refractivity contribution >= 4 is 11.9 Å². The quantitative estimate of drug-likeness (QED) is 0.474. The molecule has 0 amide bonds. The Bertz CT molecular complexity index is 407. The number of nitrogens with one attached hydrogen (secondary N) is 1. The van der Waals surface area contributed by atoms with Crippen molar-refractivity contribution in [1.82, 2.24) is 15.0 Å². The van der Waals surface area contributed by atoms with Crippen LogP contribution in [0.4, 0.5) is 11.9 Å². The van der Waals surface area contributed by atoms with Crippen molar-refractivity contribution in [2.45, 2.75) is 32.8 Å². The average molecular weight is 270 g/mol. The number of nitrogens with two attached hydrogens (primary N) is 1. The first-order valence-electron chi connectivity index (χ1n) is 6.14. The molecule has 0 saturated heterocycles. The minimum Gasteiger partial charge on any atom is -0.463 e. The molecule has 108 valence electrons. The number of nitrogens with zero attached hydrogens (tertiary/aromatic N) is 4. The summed E-state index contributed by atoms with van der Waals surface area (Å²) < 4.78 is 5.37. The topological polar surface area (TPSA) is 109 Å². The molecule has 0 saturated carbocycles. The van der Waals surface area contributed by atoms with Crippen LogP contribution in [0.2, 0.25) is 0 Å². The first kappa shape index (κ1) is 15.4. The van der Waals surface area contributed by atoms with Gasteiger partial charge in [-0.25, -0.2) is 5.84 Å². The van der Waals surface area contributed by atoms with Gasteiger partial charge in [0.05, 0.1) is 12.2 Å². The first-order chi connectivity index (χ1) is 8.85. The highest BCUT2D eigenvalue weighted by molar-refractivity contribution is 5.37. The van der Waals surface area contributed by atoms with Gasteiger partial charge < -0.3 is 14.7 Å². The van der Waals surface area contributed by atoms with Crippen LogP contribution in [0.5, 0.6) is 6.01 Å². The van der Waals surface area contributed by atoms with Gasteiger partial charge in [-0.15, -0.1) is 0 Å². The molecule has 1 aromatic heterocycles. The van der Waals surface area contributed by atoms with E-state index < -0.39 is 5.60 Å². The lowest BCUT2D eigenvalue weighted by Crippen LogP contribution is -2.37. The number of aliphatic hydroxyl groups is 1. The summed E-state index contributed by atoms with van der Waals surface area (Å²) in [6.07, 6.45) is 0.853. The van der Waals surface area contributed by atoms with Gasteiger partial charge in [-0.2, -0.15) is 15.0 Å². The van der Waals surface area contributed by atoms with E-state index in [1.165, 1.54) is 0 Å². The van der Waals surface area contributed by atoms with Gasteiger partial charge in [0.2, 0.25) is 11.9 Å². The lowest BCUT2D eigenvalue weighted by Gasteiger charge is -2.25. The van der Waals surface area contributed by atoms with E-state index in [9.17, 15) is 5.11 Å². The van der Waals surface area contributed by atoms with E-state index in [0.29, 0.717) is 19.1 Å². The zero-order valence-corrected chi connectivity index (χ0v) is 11.8. The smallest absolute Gasteiger partial charge is 0.323 e. The van der Waals surface area contributed by atoms with Gasteiger partial charge in [0, 0.05) is 13.6 Å². The lowest BCUT2D eigenvalue weighted by atomic mass is 10.1. The monoisotopic (exact) mass is 270 g/mol. The Hall–Kier alpha value is -1.67. The second-order valence-electron chi connectivity index (χ2n) is 4.90. The summed E-state index contributed by atoms with van der Waals surface area (Å²) >= 11 is 0. The molecule has 0 aliphatic rings. The van der Waals surface area contributed by atoms with E-state index >= 15 is 0 Å². The molecule has 8 heteroatoms. The lowest BCUT2D eigenvalue weighted by molar-refractivity contribution is 0.0882. The molecule has 0 aromatic carbocycles. The minimum absolute atomic E-state index is 0.211. The van der Waals surface area contributed by atoms with E-state index in [1.807, 2.05) is 6.92 Å². The fraction of sp³-hybridized carbons (Fsp3) is 0.727. The molecule has 4 N–H and O–H groups in total. The van der Waals surface area contributed by atoms with Crippen LogP contribution in [0.3, 0.4) is 0 Å². The molecule has 0 fully saturated rings. The summed E-state index contributed by atoms with van der Waals surface area (Å²) in [6, 6.07) is 0.211. The summed E-state index contributed by atoms with van der Waals surface area (Å²) in [6.45, 7) is 6.30. The Labute approximate surface area is 113 Å². The summed E-state index contributed by atoms with van der Waals surface area (Å²) in [5.41, 5.74) is 1.51. The maximum Gasteiger partial charge on any atom is 0.323 e. The van der Waals surface area contributed by atoms with Crippen LogP contribution in [0.25, 0.3) is 0 Å². The van der Waals surface area contributed by atoms with E-state index in [2.05, 4.69) is 20.4 Å². The number of hydrazine groups is 1. The third-order valence-electron chi connectivity index (χ3n) is 2.13. The molecular formula is C11H22N6O2. The van der Waals surface area contributed by atoms with Crippen LogP contribution in [-0.2, 0) is 0 Å². The van der Waals surface area contributed by atoms with Crippen molar-refractivity contribution in [3.63, 3.8) is 0 Å². The summed E-state index contributed by atoms with van der Waals surface area (Å²) in [4.78, 5) is 14.0. The highest BCUT2D eigenvalue weighted by atomic mass is 16.5. The van der Waals surface area contributed by atoms with Gasteiger partial charge in [-0.05, 0) is 20.3 Å². The molecule has 1 aromatic rings. The van der Waals surface area contributed by atoms with Gasteiger partial charge in [0.1, 0.15) is 0 Å². The predicted octanol–water partition coefficient (Wildman–Crippen LogP) is 0.153. The largest absolute Gasteiger partial charge is 0.463 e. The van der Waals surface area contributed by atoms with Crippen molar-refractivity contribution in [1.29, 1.82) is 0 Å². The molecule has 8 nitrogen and oxygen atoms in total. The average Bonchev–Trinajstić information content (AvgIpc) is 2.33. The van der Waals surface area contributed by atoms with Crippen LogP contribution in [0.1, 0.15) is 27.2 Å². The number of anilines is 2. The predicted molar refractivity (Wildman–Crippen MR) is 73.0 cm³/mol. The molecule has 19 heavy (non-hydrogen) atoms. The zero-order chi connectivity index (χ0) is 14.5. The van der Waals surface area contributed by atoms with Crippen molar-refractivity contribution < 1.29 is 9.84 Å². The molecule has 0 unspecified atom stereocenters. The highest BCUT2D eigenvalue weighted by Crippen LogP contribution is 2.15. The van der Waals surface area contributed by atoms with Crippen molar-refractivity contribution in [3.8, 4) is 6.01 Å². The Morgan fingerprint density at radius 2 is 2.05 bits per heavy atom. The van der Waals surface area contributed by atoms with E-state index in [1.54, 1.807) is 25.8 Å². The van der Waals surface area contributed by atoms with Crippen LogP contribution < -0.4 is 20.9 Å². The molecule has 0 bridgehead atoms. The van der Waals surface area contributed by atoms with E-state index in [4.69, 9.17) is 10.6 Å². The number of rotatable bonds is 7.